The monoisotopic (exact) mass is 555 g/mol. The van der Waals surface area contributed by atoms with Gasteiger partial charge in [-0.1, -0.05) is 11.3 Å². The summed E-state index contributed by atoms with van der Waals surface area (Å²) in [6.45, 7) is 0. The maximum atomic E-state index is 13.2. The van der Waals surface area contributed by atoms with Gasteiger partial charge in [-0.3, -0.25) is 4.72 Å². The highest BCUT2D eigenvalue weighted by Crippen LogP contribution is 2.43. The Hall–Kier alpha value is -4.36. The van der Waals surface area contributed by atoms with Crippen molar-refractivity contribution >= 4 is 42.9 Å². The van der Waals surface area contributed by atoms with Gasteiger partial charge in [0.1, 0.15) is 33.6 Å². The minimum absolute atomic E-state index is 0.106. The van der Waals surface area contributed by atoms with Crippen LogP contribution in [0.1, 0.15) is 0 Å². The summed E-state index contributed by atoms with van der Waals surface area (Å²) in [5.74, 6) is 1.90. The number of anilines is 2. The predicted molar refractivity (Wildman–Crippen MR) is 146 cm³/mol. The van der Waals surface area contributed by atoms with E-state index in [0.717, 1.165) is 11.3 Å². The normalized spacial score (nSPS) is 11.4. The first-order chi connectivity index (χ1) is 18.3. The van der Waals surface area contributed by atoms with Crippen LogP contribution in [0.25, 0.3) is 11.3 Å². The molecule has 0 aliphatic carbocycles. The van der Waals surface area contributed by atoms with Gasteiger partial charge < -0.3 is 24.7 Å². The van der Waals surface area contributed by atoms with E-state index in [1.807, 2.05) is 0 Å². The third kappa shape index (κ3) is 5.79. The third-order valence-electron chi connectivity index (χ3n) is 5.32. The highest BCUT2D eigenvalue weighted by Gasteiger charge is 2.21. The van der Waals surface area contributed by atoms with Crippen LogP contribution < -0.4 is 29.4 Å². The molecule has 0 unspecified atom stereocenters. The maximum absolute atomic E-state index is 13.2. The molecule has 3 aromatic carbocycles. The number of methoxy groups -OCH3 is 4. The molecular weight excluding hydrogens is 530 g/mol. The lowest BCUT2D eigenvalue weighted by atomic mass is 10.1. The number of benzene rings is 3. The van der Waals surface area contributed by atoms with Crippen molar-refractivity contribution in [1.82, 2.24) is 4.98 Å². The second kappa shape index (κ2) is 11.4. The molecule has 0 spiro atoms. The van der Waals surface area contributed by atoms with E-state index < -0.39 is 10.0 Å². The smallest absolute Gasteiger partial charge is 0.265 e. The molecule has 0 fully saturated rings. The molecule has 1 aromatic heterocycles. The fourth-order valence-corrected chi connectivity index (χ4v) is 5.40. The molecule has 11 nitrogen and oxygen atoms in total. The molecule has 0 bridgehead atoms. The molecule has 0 saturated heterocycles. The van der Waals surface area contributed by atoms with Crippen molar-refractivity contribution in [3.63, 3.8) is 0 Å². The molecule has 13 heteroatoms. The minimum atomic E-state index is -4.02. The number of ether oxygens (including phenoxy) is 4. The Bertz CT molecular complexity index is 1570. The summed E-state index contributed by atoms with van der Waals surface area (Å²) < 4.78 is 50.1. The van der Waals surface area contributed by atoms with Gasteiger partial charge in [0.25, 0.3) is 10.0 Å². The Kier molecular flexibility index (Phi) is 7.98. The first kappa shape index (κ1) is 26.7. The SMILES string of the molecule is COc1ccc(NS(=O)(=O)c2cc(N=Nc3sc(N)nc3-c3cc(OC)ccc3OC)ccc2OC)cc1. The highest BCUT2D eigenvalue weighted by molar-refractivity contribution is 7.92. The summed E-state index contributed by atoms with van der Waals surface area (Å²) in [6.07, 6.45) is 0. The topological polar surface area (TPSA) is 147 Å². The number of sulfonamides is 1. The standard InChI is InChI=1S/C25H25N5O6S2/c1-33-17-8-5-15(6-9-17)30-38(31,32)22-13-16(7-11-21(22)36-4)28-29-24-23(27-25(26)37-24)19-14-18(34-2)10-12-20(19)35-3/h5-14,30H,1-4H3,(H2,26,27). The molecule has 38 heavy (non-hydrogen) atoms. The summed E-state index contributed by atoms with van der Waals surface area (Å²) >= 11 is 1.13. The van der Waals surface area contributed by atoms with Crippen LogP contribution in [0.5, 0.6) is 23.0 Å². The van der Waals surface area contributed by atoms with Crippen molar-refractivity contribution < 1.29 is 27.4 Å². The fraction of sp³-hybridized carbons (Fsp3) is 0.160. The van der Waals surface area contributed by atoms with E-state index in [-0.39, 0.29) is 21.5 Å². The quantitative estimate of drug-likeness (QED) is 0.239. The van der Waals surface area contributed by atoms with Gasteiger partial charge in [-0.05, 0) is 60.7 Å². The van der Waals surface area contributed by atoms with Crippen molar-refractivity contribution in [2.45, 2.75) is 4.90 Å². The molecule has 0 aliphatic rings. The zero-order chi connectivity index (χ0) is 27.3. The van der Waals surface area contributed by atoms with Gasteiger partial charge in [0.2, 0.25) is 0 Å². The zero-order valence-electron chi connectivity index (χ0n) is 21.0. The van der Waals surface area contributed by atoms with E-state index in [4.69, 9.17) is 24.7 Å². The number of nitrogen functional groups attached to an aromatic ring is 1. The molecule has 0 aliphatic heterocycles. The van der Waals surface area contributed by atoms with Crippen LogP contribution in [0.15, 0.2) is 75.8 Å². The lowest BCUT2D eigenvalue weighted by Crippen LogP contribution is -2.14. The fourth-order valence-electron chi connectivity index (χ4n) is 3.48. The Labute approximate surface area is 223 Å². The first-order valence-corrected chi connectivity index (χ1v) is 13.3. The largest absolute Gasteiger partial charge is 0.497 e. The molecule has 3 N–H and O–H groups in total. The summed E-state index contributed by atoms with van der Waals surface area (Å²) in [5, 5.41) is 9.26. The van der Waals surface area contributed by atoms with Crippen molar-refractivity contribution in [3.05, 3.63) is 60.7 Å². The number of hydrogen-bond acceptors (Lipinski definition) is 11. The molecule has 0 saturated carbocycles. The Balaban J connectivity index is 1.68. The predicted octanol–water partition coefficient (Wildman–Crippen LogP) is 5.64. The van der Waals surface area contributed by atoms with Crippen LogP contribution in [0, 0.1) is 0 Å². The van der Waals surface area contributed by atoms with Gasteiger partial charge in [-0.15, -0.1) is 10.2 Å². The summed E-state index contributed by atoms with van der Waals surface area (Å²) in [4.78, 5) is 4.29. The average Bonchev–Trinajstić information content (AvgIpc) is 3.31. The van der Waals surface area contributed by atoms with Crippen molar-refractivity contribution in [3.8, 4) is 34.3 Å². The number of nitrogens with two attached hydrogens (primary N) is 1. The minimum Gasteiger partial charge on any atom is -0.497 e. The second-order valence-corrected chi connectivity index (χ2v) is 10.3. The lowest BCUT2D eigenvalue weighted by molar-refractivity contribution is 0.403. The molecule has 0 radical (unpaired) electrons. The maximum Gasteiger partial charge on any atom is 0.265 e. The number of nitrogens with one attached hydrogen (secondary N) is 1. The second-order valence-electron chi connectivity index (χ2n) is 7.64. The van der Waals surface area contributed by atoms with E-state index in [1.165, 1.54) is 26.4 Å². The number of nitrogens with zero attached hydrogens (tertiary/aromatic N) is 3. The molecule has 4 aromatic rings. The summed E-state index contributed by atoms with van der Waals surface area (Å²) in [6, 6.07) is 16.2. The van der Waals surface area contributed by atoms with Crippen molar-refractivity contribution in [1.29, 1.82) is 0 Å². The Morgan fingerprint density at radius 2 is 1.47 bits per heavy atom. The van der Waals surface area contributed by atoms with Gasteiger partial charge >= 0.3 is 0 Å². The van der Waals surface area contributed by atoms with Gasteiger partial charge in [0.05, 0.1) is 34.1 Å². The number of azo groups is 1. The van der Waals surface area contributed by atoms with Crippen LogP contribution >= 0.6 is 11.3 Å². The highest BCUT2D eigenvalue weighted by atomic mass is 32.2. The van der Waals surface area contributed by atoms with Gasteiger partial charge in [0.15, 0.2) is 10.1 Å². The average molecular weight is 556 g/mol. The van der Waals surface area contributed by atoms with Crippen molar-refractivity contribution in [2.24, 2.45) is 10.2 Å². The van der Waals surface area contributed by atoms with Crippen LogP contribution in [0.3, 0.4) is 0 Å². The molecule has 4 rings (SSSR count). The van der Waals surface area contributed by atoms with E-state index in [2.05, 4.69) is 19.9 Å². The van der Waals surface area contributed by atoms with Gasteiger partial charge in [-0.25, -0.2) is 13.4 Å². The summed E-state index contributed by atoms with van der Waals surface area (Å²) in [7, 11) is 1.99. The molecule has 0 amide bonds. The van der Waals surface area contributed by atoms with Crippen LogP contribution in [0.2, 0.25) is 0 Å². The number of thiazole rings is 1. The molecule has 0 atom stereocenters. The van der Waals surface area contributed by atoms with Crippen LogP contribution in [-0.2, 0) is 10.0 Å². The lowest BCUT2D eigenvalue weighted by Gasteiger charge is -2.12. The van der Waals surface area contributed by atoms with Crippen LogP contribution in [-0.4, -0.2) is 41.8 Å². The van der Waals surface area contributed by atoms with Crippen molar-refractivity contribution in [2.75, 3.05) is 38.9 Å². The van der Waals surface area contributed by atoms with E-state index >= 15 is 0 Å². The first-order valence-electron chi connectivity index (χ1n) is 11.0. The Morgan fingerprint density at radius 3 is 2.13 bits per heavy atom. The number of aromatic nitrogens is 1. The molecular formula is C25H25N5O6S2. The van der Waals surface area contributed by atoms with Crippen LogP contribution in [0.4, 0.5) is 21.5 Å². The number of rotatable bonds is 10. The Morgan fingerprint density at radius 1 is 0.816 bits per heavy atom. The van der Waals surface area contributed by atoms with E-state index in [0.29, 0.717) is 39.2 Å². The third-order valence-corrected chi connectivity index (χ3v) is 7.49. The van der Waals surface area contributed by atoms with E-state index in [1.54, 1.807) is 62.8 Å². The zero-order valence-corrected chi connectivity index (χ0v) is 22.6. The van der Waals surface area contributed by atoms with E-state index in [9.17, 15) is 8.42 Å². The summed E-state index contributed by atoms with van der Waals surface area (Å²) in [5.41, 5.74) is 7.69. The molecule has 198 valence electrons. The molecule has 1 heterocycles. The van der Waals surface area contributed by atoms with Gasteiger partial charge in [-0.2, -0.15) is 0 Å². The van der Waals surface area contributed by atoms with Gasteiger partial charge in [0, 0.05) is 11.3 Å². The number of hydrogen-bond donors (Lipinski definition) is 2.